The second-order valence-corrected chi connectivity index (χ2v) is 7.08. The molecule has 0 atom stereocenters. The fraction of sp³-hybridized carbons (Fsp3) is 1.00. The second-order valence-electron chi connectivity index (χ2n) is 7.08. The van der Waals surface area contributed by atoms with Crippen LogP contribution in [0.25, 0.3) is 0 Å². The van der Waals surface area contributed by atoms with Crippen LogP contribution in [0.1, 0.15) is 59.3 Å². The molecule has 1 saturated carbocycles. The van der Waals surface area contributed by atoms with Crippen LogP contribution in [0.3, 0.4) is 0 Å². The molecule has 1 aliphatic carbocycles. The summed E-state index contributed by atoms with van der Waals surface area (Å²) in [6.45, 7) is 9.34. The largest absolute Gasteiger partial charge is 0.385 e. The molecule has 3 nitrogen and oxygen atoms in total. The van der Waals surface area contributed by atoms with Crippen LogP contribution in [-0.4, -0.2) is 32.5 Å². The number of unbranched alkanes of at least 4 members (excludes halogenated alkanes) is 1. The zero-order chi connectivity index (χ0) is 14.4. The Kier molecular flexibility index (Phi) is 6.78. The molecule has 114 valence electrons. The molecule has 1 fully saturated rings. The standard InChI is InChI=1S/C16H33NO2/c1-15(2,3)14-7-9-16(13-17,10-8-14)19-12-6-5-11-18-4/h14H,5-13,17H2,1-4H3. The zero-order valence-corrected chi connectivity index (χ0v) is 13.3. The predicted octanol–water partition coefficient (Wildman–Crippen LogP) is 3.36. The van der Waals surface area contributed by atoms with E-state index in [0.29, 0.717) is 12.0 Å². The van der Waals surface area contributed by atoms with Crippen LogP contribution >= 0.6 is 0 Å². The van der Waals surface area contributed by atoms with Crippen molar-refractivity contribution < 1.29 is 9.47 Å². The summed E-state index contributed by atoms with van der Waals surface area (Å²) in [5.41, 5.74) is 6.35. The fourth-order valence-electron chi connectivity index (χ4n) is 3.05. The van der Waals surface area contributed by atoms with Crippen molar-refractivity contribution in [1.29, 1.82) is 0 Å². The number of ether oxygens (including phenoxy) is 2. The summed E-state index contributed by atoms with van der Waals surface area (Å²) in [6, 6.07) is 0. The van der Waals surface area contributed by atoms with Gasteiger partial charge in [0.2, 0.25) is 0 Å². The van der Waals surface area contributed by atoms with E-state index in [1.54, 1.807) is 7.11 Å². The van der Waals surface area contributed by atoms with Crippen LogP contribution in [0.4, 0.5) is 0 Å². The fourth-order valence-corrected chi connectivity index (χ4v) is 3.05. The topological polar surface area (TPSA) is 44.5 Å². The van der Waals surface area contributed by atoms with Crippen molar-refractivity contribution in [2.24, 2.45) is 17.1 Å². The van der Waals surface area contributed by atoms with E-state index in [1.807, 2.05) is 0 Å². The first-order chi connectivity index (χ1) is 8.93. The van der Waals surface area contributed by atoms with Gasteiger partial charge in [0.25, 0.3) is 0 Å². The molecule has 0 aliphatic heterocycles. The summed E-state index contributed by atoms with van der Waals surface area (Å²) < 4.78 is 11.2. The van der Waals surface area contributed by atoms with Crippen molar-refractivity contribution in [2.45, 2.75) is 64.9 Å². The molecule has 0 unspecified atom stereocenters. The Balaban J connectivity index is 2.34. The van der Waals surface area contributed by atoms with Gasteiger partial charge in [-0.25, -0.2) is 0 Å². The highest BCUT2D eigenvalue weighted by Crippen LogP contribution is 2.42. The number of methoxy groups -OCH3 is 1. The minimum absolute atomic E-state index is 0.0468. The molecule has 2 N–H and O–H groups in total. The number of rotatable bonds is 7. The van der Waals surface area contributed by atoms with Crippen LogP contribution < -0.4 is 5.73 Å². The number of hydrogen-bond donors (Lipinski definition) is 1. The minimum Gasteiger partial charge on any atom is -0.385 e. The van der Waals surface area contributed by atoms with E-state index in [0.717, 1.165) is 44.8 Å². The molecule has 0 aromatic rings. The maximum atomic E-state index is 6.15. The summed E-state index contributed by atoms with van der Waals surface area (Å²) in [5, 5.41) is 0. The second kappa shape index (κ2) is 7.61. The SMILES string of the molecule is COCCCCOC1(CN)CCC(C(C)(C)C)CC1. The van der Waals surface area contributed by atoms with Crippen molar-refractivity contribution in [3.05, 3.63) is 0 Å². The molecule has 1 aliphatic rings. The molecule has 0 heterocycles. The Hall–Kier alpha value is -0.120. The van der Waals surface area contributed by atoms with Crippen LogP contribution in [0.15, 0.2) is 0 Å². The van der Waals surface area contributed by atoms with E-state index in [-0.39, 0.29) is 5.60 Å². The average Bonchev–Trinajstić information content (AvgIpc) is 2.38. The lowest BCUT2D eigenvalue weighted by molar-refractivity contribution is -0.0813. The van der Waals surface area contributed by atoms with E-state index in [4.69, 9.17) is 15.2 Å². The molecule has 0 saturated heterocycles. The molecule has 0 aromatic carbocycles. The molecule has 3 heteroatoms. The van der Waals surface area contributed by atoms with Gasteiger partial charge in [-0.05, 0) is 49.9 Å². The maximum Gasteiger partial charge on any atom is 0.0804 e. The highest BCUT2D eigenvalue weighted by atomic mass is 16.5. The van der Waals surface area contributed by atoms with E-state index in [2.05, 4.69) is 20.8 Å². The van der Waals surface area contributed by atoms with Crippen molar-refractivity contribution >= 4 is 0 Å². The minimum atomic E-state index is -0.0468. The summed E-state index contributed by atoms with van der Waals surface area (Å²) in [7, 11) is 1.75. The lowest BCUT2D eigenvalue weighted by Gasteiger charge is -2.43. The summed E-state index contributed by atoms with van der Waals surface area (Å²) in [5.74, 6) is 0.810. The first-order valence-electron chi connectivity index (χ1n) is 7.76. The van der Waals surface area contributed by atoms with E-state index in [1.165, 1.54) is 12.8 Å². The first kappa shape index (κ1) is 16.9. The smallest absolute Gasteiger partial charge is 0.0804 e. The summed E-state index contributed by atoms with van der Waals surface area (Å²) in [4.78, 5) is 0. The van der Waals surface area contributed by atoms with Gasteiger partial charge in [0.1, 0.15) is 0 Å². The molecule has 1 rings (SSSR count). The molecular formula is C16H33NO2. The Morgan fingerprint density at radius 2 is 1.68 bits per heavy atom. The lowest BCUT2D eigenvalue weighted by Crippen LogP contribution is -2.45. The van der Waals surface area contributed by atoms with Crippen molar-refractivity contribution in [3.63, 3.8) is 0 Å². The zero-order valence-electron chi connectivity index (χ0n) is 13.3. The molecular weight excluding hydrogens is 238 g/mol. The highest BCUT2D eigenvalue weighted by Gasteiger charge is 2.38. The van der Waals surface area contributed by atoms with Gasteiger partial charge < -0.3 is 15.2 Å². The first-order valence-corrected chi connectivity index (χ1v) is 7.76. The summed E-state index contributed by atoms with van der Waals surface area (Å²) in [6.07, 6.45) is 6.88. The van der Waals surface area contributed by atoms with Gasteiger partial charge in [-0.2, -0.15) is 0 Å². The molecule has 0 aromatic heterocycles. The molecule has 0 spiro atoms. The van der Waals surface area contributed by atoms with E-state index >= 15 is 0 Å². The molecule has 0 amide bonds. The normalized spacial score (nSPS) is 28.6. The third kappa shape index (κ3) is 5.41. The molecule has 0 bridgehead atoms. The van der Waals surface area contributed by atoms with Gasteiger partial charge >= 0.3 is 0 Å². The van der Waals surface area contributed by atoms with Crippen molar-refractivity contribution in [2.75, 3.05) is 26.9 Å². The van der Waals surface area contributed by atoms with Gasteiger partial charge in [-0.1, -0.05) is 20.8 Å². The van der Waals surface area contributed by atoms with Crippen LogP contribution in [0, 0.1) is 11.3 Å². The Morgan fingerprint density at radius 1 is 1.11 bits per heavy atom. The molecule has 0 radical (unpaired) electrons. The predicted molar refractivity (Wildman–Crippen MR) is 80.3 cm³/mol. The summed E-state index contributed by atoms with van der Waals surface area (Å²) >= 11 is 0. The van der Waals surface area contributed by atoms with Crippen molar-refractivity contribution in [3.8, 4) is 0 Å². The number of hydrogen-bond acceptors (Lipinski definition) is 3. The van der Waals surface area contributed by atoms with Gasteiger partial charge in [-0.3, -0.25) is 0 Å². The van der Waals surface area contributed by atoms with Crippen LogP contribution in [0.5, 0.6) is 0 Å². The Morgan fingerprint density at radius 3 is 2.16 bits per heavy atom. The van der Waals surface area contributed by atoms with Crippen molar-refractivity contribution in [1.82, 2.24) is 0 Å². The number of nitrogens with two attached hydrogens (primary N) is 1. The van der Waals surface area contributed by atoms with E-state index < -0.39 is 0 Å². The maximum absolute atomic E-state index is 6.15. The van der Waals surface area contributed by atoms with Gasteiger partial charge in [0.05, 0.1) is 5.60 Å². The Labute approximate surface area is 119 Å². The van der Waals surface area contributed by atoms with E-state index in [9.17, 15) is 0 Å². The van der Waals surface area contributed by atoms with Gasteiger partial charge in [-0.15, -0.1) is 0 Å². The lowest BCUT2D eigenvalue weighted by atomic mass is 9.68. The molecule has 19 heavy (non-hydrogen) atoms. The van der Waals surface area contributed by atoms with Gasteiger partial charge in [0, 0.05) is 26.9 Å². The monoisotopic (exact) mass is 271 g/mol. The van der Waals surface area contributed by atoms with Crippen LogP contribution in [-0.2, 0) is 9.47 Å². The Bertz CT molecular complexity index is 240. The van der Waals surface area contributed by atoms with Crippen LogP contribution in [0.2, 0.25) is 0 Å². The quantitative estimate of drug-likeness (QED) is 0.722. The third-order valence-corrected chi connectivity index (χ3v) is 4.64. The van der Waals surface area contributed by atoms with Gasteiger partial charge in [0.15, 0.2) is 0 Å². The average molecular weight is 271 g/mol. The third-order valence-electron chi connectivity index (χ3n) is 4.64. The highest BCUT2D eigenvalue weighted by molar-refractivity contribution is 4.91.